The second-order valence-electron chi connectivity index (χ2n) is 7.72. The highest BCUT2D eigenvalue weighted by Crippen LogP contribution is 2.49. The van der Waals surface area contributed by atoms with Gasteiger partial charge in [0.1, 0.15) is 0 Å². The molecule has 3 heteroatoms. The number of aryl methyl sites for hydroxylation is 1. The van der Waals surface area contributed by atoms with Crippen LogP contribution in [0.15, 0.2) is 18.3 Å². The van der Waals surface area contributed by atoms with E-state index in [0.717, 1.165) is 18.9 Å². The summed E-state index contributed by atoms with van der Waals surface area (Å²) in [5.74, 6) is 2.34. The highest BCUT2D eigenvalue weighted by atomic mass is 16.2. The molecule has 0 spiro atoms. The van der Waals surface area contributed by atoms with Gasteiger partial charge in [-0.15, -0.1) is 0 Å². The maximum Gasteiger partial charge on any atom is 0.226 e. The number of fused-ring (bicyclic) bond motifs is 2. The van der Waals surface area contributed by atoms with Crippen LogP contribution in [0.4, 0.5) is 0 Å². The van der Waals surface area contributed by atoms with E-state index in [4.69, 9.17) is 0 Å². The van der Waals surface area contributed by atoms with Crippen LogP contribution in [0.5, 0.6) is 0 Å². The van der Waals surface area contributed by atoms with Gasteiger partial charge >= 0.3 is 0 Å². The zero-order valence-corrected chi connectivity index (χ0v) is 13.7. The zero-order valence-electron chi connectivity index (χ0n) is 13.7. The van der Waals surface area contributed by atoms with Crippen molar-refractivity contribution in [1.29, 1.82) is 0 Å². The summed E-state index contributed by atoms with van der Waals surface area (Å²) in [7, 11) is 2.11. The number of likely N-dealkylation sites (tertiary alicyclic amines) is 1. The van der Waals surface area contributed by atoms with Crippen LogP contribution >= 0.6 is 0 Å². The lowest BCUT2D eigenvalue weighted by molar-refractivity contribution is -0.139. The van der Waals surface area contributed by atoms with Crippen molar-refractivity contribution in [3.8, 4) is 0 Å². The molecule has 3 fully saturated rings. The van der Waals surface area contributed by atoms with E-state index in [1.54, 1.807) is 0 Å². The Bertz CT molecular complexity index is 549. The molecule has 1 saturated heterocycles. The number of nitrogens with zero attached hydrogens (tertiary/aromatic N) is 2. The number of aromatic nitrogens is 1. The second-order valence-corrected chi connectivity index (χ2v) is 7.72. The van der Waals surface area contributed by atoms with Crippen molar-refractivity contribution in [2.24, 2.45) is 24.8 Å². The second kappa shape index (κ2) is 5.75. The molecule has 4 atom stereocenters. The lowest BCUT2D eigenvalue weighted by Crippen LogP contribution is -2.41. The molecular formula is C19H28N2O. The third-order valence-electron chi connectivity index (χ3n) is 6.42. The van der Waals surface area contributed by atoms with E-state index in [-0.39, 0.29) is 0 Å². The fourth-order valence-electron chi connectivity index (χ4n) is 5.26. The fraction of sp³-hybridized carbons (Fsp3) is 0.737. The first-order chi connectivity index (χ1) is 10.7. The minimum absolute atomic E-state index is 0.300. The molecule has 1 amide bonds. The molecule has 1 aromatic heterocycles. The summed E-state index contributed by atoms with van der Waals surface area (Å²) in [4.78, 5) is 15.5. The van der Waals surface area contributed by atoms with Gasteiger partial charge in [-0.05, 0) is 56.1 Å². The normalized spacial score (nSPS) is 34.9. The van der Waals surface area contributed by atoms with Crippen molar-refractivity contribution in [1.82, 2.24) is 9.47 Å². The summed E-state index contributed by atoms with van der Waals surface area (Å²) in [6.07, 6.45) is 12.1. The SMILES string of the molecule is Cn1cccc1[C@@H]1CCCCCN1C(=O)[C@@H]1C[C@H]2CC[C@H]1C2. The van der Waals surface area contributed by atoms with Crippen LogP contribution in [0.2, 0.25) is 0 Å². The van der Waals surface area contributed by atoms with E-state index in [9.17, 15) is 4.79 Å². The molecule has 3 aliphatic rings. The van der Waals surface area contributed by atoms with Crippen LogP contribution in [0.1, 0.15) is 63.1 Å². The van der Waals surface area contributed by atoms with Crippen molar-refractivity contribution >= 4 is 5.91 Å². The molecule has 3 nitrogen and oxygen atoms in total. The number of hydrogen-bond acceptors (Lipinski definition) is 1. The molecule has 2 bridgehead atoms. The van der Waals surface area contributed by atoms with E-state index in [1.165, 1.54) is 50.6 Å². The smallest absolute Gasteiger partial charge is 0.226 e. The molecule has 22 heavy (non-hydrogen) atoms. The Morgan fingerprint density at radius 1 is 1.14 bits per heavy atom. The van der Waals surface area contributed by atoms with Crippen LogP contribution in [-0.4, -0.2) is 21.9 Å². The number of carbonyl (C=O) groups is 1. The van der Waals surface area contributed by atoms with Gasteiger partial charge < -0.3 is 9.47 Å². The van der Waals surface area contributed by atoms with E-state index in [2.05, 4.69) is 34.8 Å². The van der Waals surface area contributed by atoms with Crippen LogP contribution in [0, 0.1) is 17.8 Å². The van der Waals surface area contributed by atoms with Crippen LogP contribution in [0.3, 0.4) is 0 Å². The molecule has 0 unspecified atom stereocenters. The Kier molecular flexibility index (Phi) is 3.75. The zero-order chi connectivity index (χ0) is 15.1. The van der Waals surface area contributed by atoms with Gasteiger partial charge in [0.15, 0.2) is 0 Å². The van der Waals surface area contributed by atoms with Gasteiger partial charge in [0, 0.05) is 31.4 Å². The van der Waals surface area contributed by atoms with E-state index < -0.39 is 0 Å². The first-order valence-corrected chi connectivity index (χ1v) is 9.15. The molecule has 4 rings (SSSR count). The molecule has 0 aromatic carbocycles. The maximum absolute atomic E-state index is 13.3. The van der Waals surface area contributed by atoms with Gasteiger partial charge in [0.05, 0.1) is 6.04 Å². The summed E-state index contributed by atoms with van der Waals surface area (Å²) in [6.45, 7) is 0.961. The fourth-order valence-corrected chi connectivity index (χ4v) is 5.26. The predicted molar refractivity (Wildman–Crippen MR) is 87.3 cm³/mol. The summed E-state index contributed by atoms with van der Waals surface area (Å²) >= 11 is 0. The number of carbonyl (C=O) groups excluding carboxylic acids is 1. The highest BCUT2D eigenvalue weighted by molar-refractivity contribution is 5.80. The molecule has 1 aliphatic heterocycles. The lowest BCUT2D eigenvalue weighted by atomic mass is 9.87. The van der Waals surface area contributed by atoms with Crippen LogP contribution < -0.4 is 0 Å². The molecule has 2 saturated carbocycles. The Morgan fingerprint density at radius 3 is 2.73 bits per heavy atom. The molecule has 120 valence electrons. The first-order valence-electron chi connectivity index (χ1n) is 9.15. The van der Waals surface area contributed by atoms with Gasteiger partial charge in [-0.2, -0.15) is 0 Å². The first kappa shape index (κ1) is 14.3. The van der Waals surface area contributed by atoms with Crippen molar-refractivity contribution < 1.29 is 4.79 Å². The van der Waals surface area contributed by atoms with Crippen LogP contribution in [0.25, 0.3) is 0 Å². The number of hydrogen-bond donors (Lipinski definition) is 0. The van der Waals surface area contributed by atoms with Gasteiger partial charge in [0.25, 0.3) is 0 Å². The summed E-state index contributed by atoms with van der Waals surface area (Å²) in [5.41, 5.74) is 1.32. The maximum atomic E-state index is 13.3. The quantitative estimate of drug-likeness (QED) is 0.813. The molecule has 2 heterocycles. The number of amides is 1. The average Bonchev–Trinajstić information content (AvgIpc) is 3.20. The van der Waals surface area contributed by atoms with E-state index in [1.807, 2.05) is 0 Å². The van der Waals surface area contributed by atoms with Crippen molar-refractivity contribution in [2.75, 3.05) is 6.54 Å². The standard InChI is InChI=1S/C19H28N2O/c1-20-10-5-7-17(20)18-6-3-2-4-11-21(18)19(22)16-13-14-8-9-15(16)12-14/h5,7,10,14-16,18H,2-4,6,8-9,11-13H2,1H3/t14-,15-,16+,18-/m0/s1. The summed E-state index contributed by atoms with van der Waals surface area (Å²) in [6, 6.07) is 4.62. The van der Waals surface area contributed by atoms with Gasteiger partial charge in [-0.3, -0.25) is 4.79 Å². The Morgan fingerprint density at radius 2 is 2.05 bits per heavy atom. The van der Waals surface area contributed by atoms with Crippen LogP contribution in [-0.2, 0) is 11.8 Å². The third-order valence-corrected chi connectivity index (χ3v) is 6.42. The summed E-state index contributed by atoms with van der Waals surface area (Å²) < 4.78 is 2.21. The topological polar surface area (TPSA) is 25.2 Å². The highest BCUT2D eigenvalue weighted by Gasteiger charge is 2.45. The third kappa shape index (κ3) is 2.39. The molecule has 0 N–H and O–H groups in total. The lowest BCUT2D eigenvalue weighted by Gasteiger charge is -2.35. The number of rotatable bonds is 2. The molecule has 0 radical (unpaired) electrons. The Balaban J connectivity index is 1.59. The van der Waals surface area contributed by atoms with Gasteiger partial charge in [0.2, 0.25) is 5.91 Å². The monoisotopic (exact) mass is 300 g/mol. The minimum atomic E-state index is 0.300. The van der Waals surface area contributed by atoms with Gasteiger partial charge in [-0.1, -0.05) is 19.3 Å². The Labute approximate surface area is 133 Å². The Hall–Kier alpha value is -1.25. The molecule has 2 aliphatic carbocycles. The van der Waals surface area contributed by atoms with Gasteiger partial charge in [-0.25, -0.2) is 0 Å². The average molecular weight is 300 g/mol. The van der Waals surface area contributed by atoms with E-state index >= 15 is 0 Å². The predicted octanol–water partition coefficient (Wildman–Crippen LogP) is 3.91. The van der Waals surface area contributed by atoms with E-state index in [0.29, 0.717) is 23.8 Å². The summed E-state index contributed by atoms with van der Waals surface area (Å²) in [5, 5.41) is 0. The largest absolute Gasteiger partial charge is 0.353 e. The molecule has 1 aromatic rings. The van der Waals surface area contributed by atoms with Crippen molar-refractivity contribution in [3.05, 3.63) is 24.0 Å². The minimum Gasteiger partial charge on any atom is -0.353 e. The molecular weight excluding hydrogens is 272 g/mol. The van der Waals surface area contributed by atoms with Crippen molar-refractivity contribution in [3.63, 3.8) is 0 Å². The van der Waals surface area contributed by atoms with Crippen molar-refractivity contribution in [2.45, 2.75) is 57.4 Å².